The number of nitrogens with zero attached hydrogens (tertiary/aromatic N) is 4. The number of amides is 2. The van der Waals surface area contributed by atoms with Crippen LogP contribution in [0, 0.1) is 5.92 Å². The van der Waals surface area contributed by atoms with Gasteiger partial charge in [0.15, 0.2) is 5.75 Å². The molecule has 14 nitrogen and oxygen atoms in total. The van der Waals surface area contributed by atoms with Gasteiger partial charge in [-0.25, -0.2) is 4.98 Å². The summed E-state index contributed by atoms with van der Waals surface area (Å²) >= 11 is 0. The maximum atomic E-state index is 12.6. The molecule has 14 heteroatoms. The lowest BCUT2D eigenvalue weighted by atomic mass is 10.1. The van der Waals surface area contributed by atoms with E-state index < -0.39 is 12.0 Å². The lowest BCUT2D eigenvalue weighted by Gasteiger charge is -2.19. The van der Waals surface area contributed by atoms with E-state index in [1.807, 2.05) is 0 Å². The van der Waals surface area contributed by atoms with Crippen LogP contribution < -0.4 is 26.4 Å². The van der Waals surface area contributed by atoms with Gasteiger partial charge in [-0.2, -0.15) is 15.0 Å². The summed E-state index contributed by atoms with van der Waals surface area (Å²) in [5.74, 6) is -0.753. The van der Waals surface area contributed by atoms with Gasteiger partial charge >= 0.3 is 6.10 Å². The van der Waals surface area contributed by atoms with Crippen LogP contribution in [-0.2, 0) is 11.3 Å². The zero-order chi connectivity index (χ0) is 25.9. The van der Waals surface area contributed by atoms with Gasteiger partial charge in [0.05, 0.1) is 36.8 Å². The van der Waals surface area contributed by atoms with Crippen molar-refractivity contribution in [1.82, 2.24) is 25.3 Å². The maximum absolute atomic E-state index is 12.6. The molecule has 0 radical (unpaired) electrons. The van der Waals surface area contributed by atoms with E-state index in [1.54, 1.807) is 29.7 Å². The number of carbonyl (C=O) groups excluding carboxylic acids is 2. The van der Waals surface area contributed by atoms with Gasteiger partial charge in [0, 0.05) is 30.3 Å². The van der Waals surface area contributed by atoms with Crippen LogP contribution in [0.1, 0.15) is 23.2 Å². The number of rotatable bonds is 10. The van der Waals surface area contributed by atoms with Gasteiger partial charge in [0.25, 0.3) is 5.91 Å². The first-order chi connectivity index (χ1) is 17.2. The number of carbonyl (C=O) groups is 2. The first-order valence-corrected chi connectivity index (χ1v) is 11.0. The number of nitrogens with two attached hydrogens (primary N) is 1. The molecule has 0 aliphatic heterocycles. The monoisotopic (exact) mass is 498 g/mol. The van der Waals surface area contributed by atoms with Crippen LogP contribution in [0.5, 0.6) is 5.75 Å². The van der Waals surface area contributed by atoms with Crippen LogP contribution in [0.2, 0.25) is 0 Å². The second-order valence-electron chi connectivity index (χ2n) is 8.09. The Morgan fingerprint density at radius 3 is 2.67 bits per heavy atom. The fraction of sp³-hybridized carbons (Fsp3) is 0.318. The molecule has 2 aromatic heterocycles. The number of methoxy groups -OCH3 is 1. The number of benzene rings is 1. The molecule has 3 aromatic rings. The number of para-hydroxylation sites is 1. The summed E-state index contributed by atoms with van der Waals surface area (Å²) in [6.45, 7) is 0.809. The number of anilines is 3. The summed E-state index contributed by atoms with van der Waals surface area (Å²) in [4.78, 5) is 30.3. The second kappa shape index (κ2) is 10.2. The Kier molecular flexibility index (Phi) is 7.12. The predicted octanol–water partition coefficient (Wildman–Crippen LogP) is -0.282. The average molecular weight is 499 g/mol. The van der Waals surface area contributed by atoms with Gasteiger partial charge in [-0.3, -0.25) is 14.9 Å². The lowest BCUT2D eigenvalue weighted by molar-refractivity contribution is -0.323. The van der Waals surface area contributed by atoms with E-state index in [0.717, 1.165) is 19.0 Å². The fourth-order valence-corrected chi connectivity index (χ4v) is 3.45. The molecule has 0 saturated heterocycles. The summed E-state index contributed by atoms with van der Waals surface area (Å²) < 4.78 is 5.62. The first kappa shape index (κ1) is 25.0. The highest BCUT2D eigenvalue weighted by atomic mass is 16.7. The van der Waals surface area contributed by atoms with Gasteiger partial charge in [-0.15, -0.1) is 0 Å². The van der Waals surface area contributed by atoms with Crippen LogP contribution in [0.3, 0.4) is 0 Å². The zero-order valence-electron chi connectivity index (χ0n) is 19.3. The Hall–Kier alpha value is -4.11. The Balaban J connectivity index is 1.70. The van der Waals surface area contributed by atoms with Crippen LogP contribution in [0.25, 0.3) is 11.3 Å². The minimum absolute atomic E-state index is 0.0746. The molecule has 0 unspecified atom stereocenters. The summed E-state index contributed by atoms with van der Waals surface area (Å²) in [6, 6.07) is 6.61. The molecule has 4 rings (SSSR count). The maximum Gasteiger partial charge on any atom is 0.369 e. The van der Waals surface area contributed by atoms with E-state index >= 15 is 0 Å². The molecule has 0 atom stereocenters. The minimum atomic E-state index is -3.44. The van der Waals surface area contributed by atoms with Gasteiger partial charge in [0.2, 0.25) is 5.91 Å². The lowest BCUT2D eigenvalue weighted by Crippen LogP contribution is -2.48. The van der Waals surface area contributed by atoms with Gasteiger partial charge in [-0.1, -0.05) is 6.07 Å². The SMILES string of the molecule is COc1c(Nc2cc(NC(=O)C3CC3)ncc2C(=O)NC(O)(O)O)cccc1-c1cnn(CCN)n1. The van der Waals surface area contributed by atoms with Crippen molar-refractivity contribution in [1.29, 1.82) is 0 Å². The molecule has 1 aliphatic rings. The molecule has 2 heterocycles. The molecule has 190 valence electrons. The molecule has 1 fully saturated rings. The Bertz CT molecular complexity index is 1270. The van der Waals surface area contributed by atoms with Crippen molar-refractivity contribution in [3.05, 3.63) is 42.2 Å². The van der Waals surface area contributed by atoms with E-state index in [9.17, 15) is 24.9 Å². The molecule has 8 N–H and O–H groups in total. The molecule has 36 heavy (non-hydrogen) atoms. The highest BCUT2D eigenvalue weighted by Crippen LogP contribution is 2.38. The first-order valence-electron chi connectivity index (χ1n) is 11.0. The van der Waals surface area contributed by atoms with Crippen molar-refractivity contribution in [2.75, 3.05) is 24.3 Å². The smallest absolute Gasteiger partial charge is 0.369 e. The number of ether oxygens (including phenoxy) is 1. The Labute approximate surface area is 205 Å². The predicted molar refractivity (Wildman–Crippen MR) is 127 cm³/mol. The third-order valence-electron chi connectivity index (χ3n) is 5.26. The molecule has 1 aromatic carbocycles. The normalized spacial score (nSPS) is 13.2. The zero-order valence-corrected chi connectivity index (χ0v) is 19.3. The third kappa shape index (κ3) is 5.92. The molecule has 1 saturated carbocycles. The molecule has 0 spiro atoms. The molecular weight excluding hydrogens is 472 g/mol. The number of pyridine rings is 1. The summed E-state index contributed by atoms with van der Waals surface area (Å²) in [5, 5.41) is 43.5. The van der Waals surface area contributed by atoms with Gasteiger partial charge in [-0.05, 0) is 25.0 Å². The van der Waals surface area contributed by atoms with Crippen LogP contribution in [0.4, 0.5) is 17.2 Å². The van der Waals surface area contributed by atoms with Gasteiger partial charge < -0.3 is 36.4 Å². The number of aromatic nitrogens is 4. The van der Waals surface area contributed by atoms with Crippen molar-refractivity contribution < 1.29 is 29.6 Å². The minimum Gasteiger partial charge on any atom is -0.494 e. The topological polar surface area (TPSA) is 210 Å². The van der Waals surface area contributed by atoms with E-state index in [2.05, 4.69) is 25.8 Å². The summed E-state index contributed by atoms with van der Waals surface area (Å²) in [6.07, 6.45) is 0.837. The third-order valence-corrected chi connectivity index (χ3v) is 5.26. The van der Waals surface area contributed by atoms with E-state index in [-0.39, 0.29) is 28.9 Å². The van der Waals surface area contributed by atoms with Crippen molar-refractivity contribution in [2.24, 2.45) is 11.7 Å². The number of hydrogen-bond donors (Lipinski definition) is 7. The molecule has 2 amide bonds. The number of aliphatic hydroxyl groups is 3. The number of nitrogens with one attached hydrogen (secondary N) is 3. The van der Waals surface area contributed by atoms with Gasteiger partial charge in [0.1, 0.15) is 11.5 Å². The number of hydrogen-bond acceptors (Lipinski definition) is 11. The van der Waals surface area contributed by atoms with E-state index in [0.29, 0.717) is 35.8 Å². The van der Waals surface area contributed by atoms with Crippen molar-refractivity contribution >= 4 is 29.0 Å². The van der Waals surface area contributed by atoms with Crippen molar-refractivity contribution in [2.45, 2.75) is 25.5 Å². The van der Waals surface area contributed by atoms with Crippen molar-refractivity contribution in [3.8, 4) is 17.0 Å². The Morgan fingerprint density at radius 2 is 2.00 bits per heavy atom. The highest BCUT2D eigenvalue weighted by molar-refractivity contribution is 6.02. The second-order valence-corrected chi connectivity index (χ2v) is 8.09. The summed E-state index contributed by atoms with van der Waals surface area (Å²) in [7, 11) is 1.47. The highest BCUT2D eigenvalue weighted by Gasteiger charge is 2.30. The Morgan fingerprint density at radius 1 is 1.22 bits per heavy atom. The summed E-state index contributed by atoms with van der Waals surface area (Å²) in [5.41, 5.74) is 7.11. The standard InChI is InChI=1S/C22H26N8O6/c1-36-19-13(17-11-25-30(29-17)8-7-23)3-2-4-15(19)26-16-9-18(27-20(31)12-5-6-12)24-10-14(16)21(32)28-22(33,34)35/h2-4,9-12,33-35H,5-8,23H2,1H3,(H,28,32)(H2,24,26,27,31). The van der Waals surface area contributed by atoms with E-state index in [1.165, 1.54) is 18.0 Å². The van der Waals surface area contributed by atoms with Crippen LogP contribution in [-0.4, -0.2) is 66.9 Å². The average Bonchev–Trinajstić information content (AvgIpc) is 3.57. The van der Waals surface area contributed by atoms with Crippen LogP contribution >= 0.6 is 0 Å². The molecule has 0 bridgehead atoms. The molecular formula is C22H26N8O6. The quantitative estimate of drug-likeness (QED) is 0.181. The van der Waals surface area contributed by atoms with E-state index in [4.69, 9.17) is 10.5 Å². The molecule has 1 aliphatic carbocycles. The van der Waals surface area contributed by atoms with Crippen molar-refractivity contribution in [3.63, 3.8) is 0 Å². The fourth-order valence-electron chi connectivity index (χ4n) is 3.45. The largest absolute Gasteiger partial charge is 0.494 e. The van der Waals surface area contributed by atoms with Crippen LogP contribution in [0.15, 0.2) is 36.7 Å².